The van der Waals surface area contributed by atoms with Crippen LogP contribution in [0.4, 0.5) is 5.69 Å². The van der Waals surface area contributed by atoms with E-state index in [-0.39, 0.29) is 0 Å². The zero-order valence-electron chi connectivity index (χ0n) is 14.0. The fourth-order valence-corrected chi connectivity index (χ4v) is 2.22. The topological polar surface area (TPSA) is 67.4 Å². The van der Waals surface area contributed by atoms with Crippen LogP contribution in [0.5, 0.6) is 5.75 Å². The molecule has 6 heteroatoms. The predicted molar refractivity (Wildman–Crippen MR) is 99.0 cm³/mol. The number of ether oxygens (including phenoxy) is 1. The molecule has 0 bridgehead atoms. The number of carbonyl (C=O) groups excluding carboxylic acids is 2. The Morgan fingerprint density at radius 2 is 1.68 bits per heavy atom. The lowest BCUT2D eigenvalue weighted by Gasteiger charge is -2.08. The summed E-state index contributed by atoms with van der Waals surface area (Å²) in [6.45, 7) is 3.04. The predicted octanol–water partition coefficient (Wildman–Crippen LogP) is 3.43. The highest BCUT2D eigenvalue weighted by atomic mass is 35.5. The van der Waals surface area contributed by atoms with Gasteiger partial charge in [-0.3, -0.25) is 9.59 Å². The fourth-order valence-electron chi connectivity index (χ4n) is 2.09. The van der Waals surface area contributed by atoms with Crippen molar-refractivity contribution in [2.45, 2.75) is 19.8 Å². The third kappa shape index (κ3) is 6.47. The Morgan fingerprint density at radius 1 is 1.00 bits per heavy atom. The molecule has 2 N–H and O–H groups in total. The number of hydrogen-bond acceptors (Lipinski definition) is 3. The third-order valence-electron chi connectivity index (χ3n) is 3.40. The van der Waals surface area contributed by atoms with Crippen LogP contribution in [0.15, 0.2) is 48.5 Å². The minimum atomic E-state index is -0.696. The van der Waals surface area contributed by atoms with E-state index >= 15 is 0 Å². The van der Waals surface area contributed by atoms with Crippen molar-refractivity contribution in [3.8, 4) is 5.75 Å². The summed E-state index contributed by atoms with van der Waals surface area (Å²) in [5.41, 5.74) is 1.58. The van der Waals surface area contributed by atoms with E-state index in [1.165, 1.54) is 0 Å². The monoisotopic (exact) mass is 360 g/mol. The van der Waals surface area contributed by atoms with Crippen molar-refractivity contribution in [2.75, 3.05) is 18.5 Å². The first-order valence-electron chi connectivity index (χ1n) is 8.15. The number of amides is 2. The van der Waals surface area contributed by atoms with Crippen LogP contribution in [0.2, 0.25) is 5.02 Å². The van der Waals surface area contributed by atoms with E-state index < -0.39 is 11.8 Å². The van der Waals surface area contributed by atoms with Gasteiger partial charge in [-0.15, -0.1) is 0 Å². The number of anilines is 1. The number of carbonyl (C=O) groups is 2. The molecule has 0 aromatic heterocycles. The van der Waals surface area contributed by atoms with Crippen LogP contribution in [-0.2, 0) is 16.0 Å². The van der Waals surface area contributed by atoms with Gasteiger partial charge >= 0.3 is 11.8 Å². The normalized spacial score (nSPS) is 10.2. The molecule has 0 heterocycles. The maximum Gasteiger partial charge on any atom is 0.313 e. The molecule has 2 amide bonds. The van der Waals surface area contributed by atoms with Gasteiger partial charge in [-0.1, -0.05) is 30.7 Å². The van der Waals surface area contributed by atoms with Crippen molar-refractivity contribution in [1.29, 1.82) is 0 Å². The van der Waals surface area contributed by atoms with Crippen molar-refractivity contribution in [1.82, 2.24) is 5.32 Å². The van der Waals surface area contributed by atoms with Crippen molar-refractivity contribution in [2.24, 2.45) is 0 Å². The molecule has 0 aliphatic heterocycles. The summed E-state index contributed by atoms with van der Waals surface area (Å²) in [6, 6.07) is 14.3. The van der Waals surface area contributed by atoms with E-state index in [4.69, 9.17) is 16.3 Å². The lowest BCUT2D eigenvalue weighted by atomic mass is 10.1. The molecule has 25 heavy (non-hydrogen) atoms. The molecule has 0 spiro atoms. The second-order valence-electron chi connectivity index (χ2n) is 5.46. The van der Waals surface area contributed by atoms with Gasteiger partial charge in [-0.2, -0.15) is 0 Å². The van der Waals surface area contributed by atoms with Crippen LogP contribution in [0.25, 0.3) is 0 Å². The average molecular weight is 361 g/mol. The summed E-state index contributed by atoms with van der Waals surface area (Å²) in [4.78, 5) is 23.7. The molecule has 0 aliphatic carbocycles. The van der Waals surface area contributed by atoms with Crippen LogP contribution in [-0.4, -0.2) is 25.0 Å². The van der Waals surface area contributed by atoms with Gasteiger partial charge in [-0.25, -0.2) is 0 Å². The summed E-state index contributed by atoms with van der Waals surface area (Å²) >= 11 is 5.82. The molecule has 5 nitrogen and oxygen atoms in total. The van der Waals surface area contributed by atoms with Crippen LogP contribution < -0.4 is 15.4 Å². The number of halogens is 1. The van der Waals surface area contributed by atoms with Gasteiger partial charge in [0.1, 0.15) is 5.75 Å². The standard InChI is InChI=1S/C19H21ClN2O3/c1-2-13-25-17-9-7-16(8-10-17)22-19(24)18(23)21-12-11-14-3-5-15(20)6-4-14/h3-10H,2,11-13H2,1H3,(H,21,23)(H,22,24). The lowest BCUT2D eigenvalue weighted by molar-refractivity contribution is -0.136. The van der Waals surface area contributed by atoms with E-state index in [9.17, 15) is 9.59 Å². The molecular weight excluding hydrogens is 340 g/mol. The smallest absolute Gasteiger partial charge is 0.313 e. The molecule has 0 fully saturated rings. The Morgan fingerprint density at radius 3 is 2.32 bits per heavy atom. The van der Waals surface area contributed by atoms with Gasteiger partial charge < -0.3 is 15.4 Å². The minimum absolute atomic E-state index is 0.373. The number of benzene rings is 2. The Kier molecular flexibility index (Phi) is 7.29. The first kappa shape index (κ1) is 18.8. The second kappa shape index (κ2) is 9.69. The highest BCUT2D eigenvalue weighted by molar-refractivity contribution is 6.39. The number of rotatable bonds is 7. The van der Waals surface area contributed by atoms with Gasteiger partial charge in [0, 0.05) is 17.3 Å². The van der Waals surface area contributed by atoms with Crippen LogP contribution in [0.3, 0.4) is 0 Å². The van der Waals surface area contributed by atoms with Crippen LogP contribution in [0, 0.1) is 0 Å². The van der Waals surface area contributed by atoms with Crippen molar-refractivity contribution < 1.29 is 14.3 Å². The molecular formula is C19H21ClN2O3. The molecule has 2 aromatic carbocycles. The van der Waals surface area contributed by atoms with E-state index in [0.29, 0.717) is 30.3 Å². The number of nitrogens with one attached hydrogen (secondary N) is 2. The van der Waals surface area contributed by atoms with Gasteiger partial charge in [0.15, 0.2) is 0 Å². The van der Waals surface area contributed by atoms with Gasteiger partial charge in [0.2, 0.25) is 0 Å². The largest absolute Gasteiger partial charge is 0.494 e. The van der Waals surface area contributed by atoms with Crippen LogP contribution in [0.1, 0.15) is 18.9 Å². The molecule has 0 saturated carbocycles. The number of hydrogen-bond donors (Lipinski definition) is 2. The molecule has 0 unspecified atom stereocenters. The Balaban J connectivity index is 1.75. The summed E-state index contributed by atoms with van der Waals surface area (Å²) in [6.07, 6.45) is 1.55. The Labute approximate surface area is 152 Å². The van der Waals surface area contributed by atoms with Crippen molar-refractivity contribution >= 4 is 29.1 Å². The first-order valence-corrected chi connectivity index (χ1v) is 8.52. The van der Waals surface area contributed by atoms with Gasteiger partial charge in [0.25, 0.3) is 0 Å². The van der Waals surface area contributed by atoms with Crippen LogP contribution >= 0.6 is 11.6 Å². The summed E-state index contributed by atoms with van der Waals surface area (Å²) in [5.74, 6) is -0.633. The Hall–Kier alpha value is -2.53. The maximum atomic E-state index is 11.9. The summed E-state index contributed by atoms with van der Waals surface area (Å²) in [5, 5.41) is 5.82. The average Bonchev–Trinajstić information content (AvgIpc) is 2.62. The third-order valence-corrected chi connectivity index (χ3v) is 3.66. The highest BCUT2D eigenvalue weighted by Gasteiger charge is 2.13. The van der Waals surface area contributed by atoms with E-state index in [1.54, 1.807) is 36.4 Å². The molecule has 0 radical (unpaired) electrons. The fraction of sp³-hybridized carbons (Fsp3) is 0.263. The quantitative estimate of drug-likeness (QED) is 0.743. The molecule has 0 atom stereocenters. The SMILES string of the molecule is CCCOc1ccc(NC(=O)C(=O)NCCc2ccc(Cl)cc2)cc1. The minimum Gasteiger partial charge on any atom is -0.494 e. The molecule has 0 aliphatic rings. The molecule has 132 valence electrons. The van der Waals surface area contributed by atoms with E-state index in [0.717, 1.165) is 17.7 Å². The highest BCUT2D eigenvalue weighted by Crippen LogP contribution is 2.15. The van der Waals surface area contributed by atoms with Crippen molar-refractivity contribution in [3.63, 3.8) is 0 Å². The van der Waals surface area contributed by atoms with Crippen molar-refractivity contribution in [3.05, 3.63) is 59.1 Å². The summed E-state index contributed by atoms with van der Waals surface area (Å²) < 4.78 is 5.46. The van der Waals surface area contributed by atoms with Gasteiger partial charge in [-0.05, 0) is 54.8 Å². The van der Waals surface area contributed by atoms with Gasteiger partial charge in [0.05, 0.1) is 6.61 Å². The lowest BCUT2D eigenvalue weighted by Crippen LogP contribution is -2.36. The first-order chi connectivity index (χ1) is 12.1. The zero-order chi connectivity index (χ0) is 18.1. The second-order valence-corrected chi connectivity index (χ2v) is 5.90. The molecule has 2 rings (SSSR count). The molecule has 0 saturated heterocycles. The summed E-state index contributed by atoms with van der Waals surface area (Å²) in [7, 11) is 0. The van der Waals surface area contributed by atoms with E-state index in [2.05, 4.69) is 10.6 Å². The molecule has 2 aromatic rings. The Bertz CT molecular complexity index is 700. The van der Waals surface area contributed by atoms with E-state index in [1.807, 2.05) is 19.1 Å². The maximum absolute atomic E-state index is 11.9. The zero-order valence-corrected chi connectivity index (χ0v) is 14.8.